The van der Waals surface area contributed by atoms with Crippen molar-refractivity contribution in [3.63, 3.8) is 0 Å². The number of carbonyl (C=O) groups is 1. The van der Waals surface area contributed by atoms with Gasteiger partial charge >= 0.3 is 0 Å². The topological polar surface area (TPSA) is 75.5 Å². The molecular weight excluding hydrogens is 340 g/mol. The first kappa shape index (κ1) is 17.6. The molecule has 25 heavy (non-hydrogen) atoms. The molecule has 0 radical (unpaired) electrons. The number of benzene rings is 1. The van der Waals surface area contributed by atoms with E-state index < -0.39 is 10.0 Å². The summed E-state index contributed by atoms with van der Waals surface area (Å²) in [6, 6.07) is 5.02. The highest BCUT2D eigenvalue weighted by molar-refractivity contribution is 7.89. The average Bonchev–Trinajstić information content (AvgIpc) is 3.08. The summed E-state index contributed by atoms with van der Waals surface area (Å²) in [5.41, 5.74) is 2.51. The van der Waals surface area contributed by atoms with Crippen LogP contribution < -0.4 is 4.90 Å². The van der Waals surface area contributed by atoms with Crippen LogP contribution in [0.5, 0.6) is 0 Å². The summed E-state index contributed by atoms with van der Waals surface area (Å²) >= 11 is 0. The van der Waals surface area contributed by atoms with Gasteiger partial charge in [0.15, 0.2) is 0 Å². The largest absolute Gasteiger partial charge is 0.309 e. The number of amides is 1. The molecule has 0 saturated carbocycles. The Kier molecular flexibility index (Phi) is 4.42. The second-order valence-corrected chi connectivity index (χ2v) is 8.56. The van der Waals surface area contributed by atoms with Gasteiger partial charge in [-0.15, -0.1) is 0 Å². The number of aryl methyl sites for hydroxylation is 1. The van der Waals surface area contributed by atoms with Crippen LogP contribution in [0.25, 0.3) is 0 Å². The molecule has 1 aromatic carbocycles. The third-order valence-electron chi connectivity index (χ3n) is 4.48. The van der Waals surface area contributed by atoms with E-state index in [1.807, 2.05) is 6.92 Å². The maximum Gasteiger partial charge on any atom is 0.243 e. The van der Waals surface area contributed by atoms with E-state index in [4.69, 9.17) is 0 Å². The van der Waals surface area contributed by atoms with Gasteiger partial charge in [-0.3, -0.25) is 9.48 Å². The molecule has 1 aliphatic rings. The van der Waals surface area contributed by atoms with E-state index >= 15 is 0 Å². The second-order valence-electron chi connectivity index (χ2n) is 6.52. The van der Waals surface area contributed by atoms with Crippen LogP contribution in [0.15, 0.2) is 35.5 Å². The minimum absolute atomic E-state index is 0.0319. The molecule has 1 aliphatic heterocycles. The smallest absolute Gasteiger partial charge is 0.243 e. The van der Waals surface area contributed by atoms with E-state index in [0.29, 0.717) is 6.42 Å². The number of nitrogens with zero attached hydrogens (tertiary/aromatic N) is 4. The number of sulfonamides is 1. The molecule has 1 atom stereocenters. The first-order chi connectivity index (χ1) is 11.7. The molecule has 8 heteroatoms. The molecule has 0 aliphatic carbocycles. The third-order valence-corrected chi connectivity index (χ3v) is 6.28. The van der Waals surface area contributed by atoms with Gasteiger partial charge < -0.3 is 4.90 Å². The van der Waals surface area contributed by atoms with Crippen molar-refractivity contribution >= 4 is 21.6 Å². The van der Waals surface area contributed by atoms with E-state index in [2.05, 4.69) is 5.10 Å². The number of anilines is 1. The lowest BCUT2D eigenvalue weighted by atomic mass is 10.1. The Morgan fingerprint density at radius 1 is 1.40 bits per heavy atom. The predicted molar refractivity (Wildman–Crippen MR) is 94.6 cm³/mol. The predicted octanol–water partition coefficient (Wildman–Crippen LogP) is 1.54. The molecule has 0 saturated heterocycles. The molecule has 7 nitrogen and oxygen atoms in total. The summed E-state index contributed by atoms with van der Waals surface area (Å²) in [5.74, 6) is -0.0319. The SMILES string of the molecule is CC(=O)N1c2ccc(S(=O)(=O)N(C)Cc3cnn(C)c3)cc2CC1C. The van der Waals surface area contributed by atoms with Crippen molar-refractivity contribution in [1.82, 2.24) is 14.1 Å². The summed E-state index contributed by atoms with van der Waals surface area (Å²) in [6.07, 6.45) is 4.10. The van der Waals surface area contributed by atoms with Crippen LogP contribution in [0.4, 0.5) is 5.69 Å². The minimum atomic E-state index is -3.61. The first-order valence-corrected chi connectivity index (χ1v) is 9.50. The zero-order valence-electron chi connectivity index (χ0n) is 14.8. The summed E-state index contributed by atoms with van der Waals surface area (Å²) in [7, 11) is -0.264. The van der Waals surface area contributed by atoms with Crippen molar-refractivity contribution in [3.05, 3.63) is 41.7 Å². The molecule has 0 N–H and O–H groups in total. The van der Waals surface area contributed by atoms with E-state index in [9.17, 15) is 13.2 Å². The van der Waals surface area contributed by atoms with Crippen LogP contribution in [0, 0.1) is 0 Å². The maximum atomic E-state index is 12.9. The fourth-order valence-corrected chi connectivity index (χ4v) is 4.53. The second kappa shape index (κ2) is 6.27. The Morgan fingerprint density at radius 2 is 2.12 bits per heavy atom. The highest BCUT2D eigenvalue weighted by Gasteiger charge is 2.31. The molecule has 0 spiro atoms. The molecule has 0 bridgehead atoms. The molecule has 2 heterocycles. The van der Waals surface area contributed by atoms with E-state index in [-0.39, 0.29) is 23.4 Å². The zero-order chi connectivity index (χ0) is 18.4. The van der Waals surface area contributed by atoms with Crippen LogP contribution in [0.2, 0.25) is 0 Å². The van der Waals surface area contributed by atoms with E-state index in [1.54, 1.807) is 54.3 Å². The van der Waals surface area contributed by atoms with Crippen molar-refractivity contribution < 1.29 is 13.2 Å². The summed E-state index contributed by atoms with van der Waals surface area (Å²) in [4.78, 5) is 13.8. The van der Waals surface area contributed by atoms with Crippen molar-refractivity contribution in [1.29, 1.82) is 0 Å². The Labute approximate surface area is 147 Å². The maximum absolute atomic E-state index is 12.9. The van der Waals surface area contributed by atoms with Gasteiger partial charge in [0.1, 0.15) is 0 Å². The van der Waals surface area contributed by atoms with Gasteiger partial charge in [-0.05, 0) is 37.1 Å². The minimum Gasteiger partial charge on any atom is -0.309 e. The number of aromatic nitrogens is 2. The van der Waals surface area contributed by atoms with Crippen molar-refractivity contribution in [3.8, 4) is 0 Å². The molecule has 1 amide bonds. The molecule has 1 unspecified atom stereocenters. The zero-order valence-corrected chi connectivity index (χ0v) is 15.6. The molecular formula is C17H22N4O3S. The fourth-order valence-electron chi connectivity index (χ4n) is 3.32. The van der Waals surface area contributed by atoms with Crippen molar-refractivity contribution in [2.24, 2.45) is 7.05 Å². The van der Waals surface area contributed by atoms with Crippen LogP contribution in [0.1, 0.15) is 25.0 Å². The third kappa shape index (κ3) is 3.19. The molecule has 2 aromatic rings. The average molecular weight is 362 g/mol. The summed E-state index contributed by atoms with van der Waals surface area (Å²) < 4.78 is 28.7. The molecule has 0 fully saturated rings. The number of rotatable bonds is 4. The Morgan fingerprint density at radius 3 is 2.72 bits per heavy atom. The van der Waals surface area contributed by atoms with Gasteiger partial charge in [0.05, 0.1) is 11.1 Å². The van der Waals surface area contributed by atoms with Crippen LogP contribution in [0.3, 0.4) is 0 Å². The number of hydrogen-bond acceptors (Lipinski definition) is 4. The van der Waals surface area contributed by atoms with Crippen LogP contribution >= 0.6 is 0 Å². The van der Waals surface area contributed by atoms with Crippen LogP contribution in [-0.4, -0.2) is 41.5 Å². The Balaban J connectivity index is 1.89. The van der Waals surface area contributed by atoms with Gasteiger partial charge in [0.25, 0.3) is 0 Å². The summed E-state index contributed by atoms with van der Waals surface area (Å²) in [5, 5.41) is 4.06. The quantitative estimate of drug-likeness (QED) is 0.827. The Hall–Kier alpha value is -2.19. The van der Waals surface area contributed by atoms with Gasteiger partial charge in [-0.1, -0.05) is 0 Å². The lowest BCUT2D eigenvalue weighted by molar-refractivity contribution is -0.116. The van der Waals surface area contributed by atoms with Crippen molar-refractivity contribution in [2.75, 3.05) is 11.9 Å². The fraction of sp³-hybridized carbons (Fsp3) is 0.412. The van der Waals surface area contributed by atoms with Gasteiger partial charge in [-0.2, -0.15) is 9.40 Å². The lowest BCUT2D eigenvalue weighted by Crippen LogP contribution is -2.33. The van der Waals surface area contributed by atoms with Crippen molar-refractivity contribution in [2.45, 2.75) is 37.8 Å². The first-order valence-electron chi connectivity index (χ1n) is 8.06. The van der Waals surface area contributed by atoms with Gasteiger partial charge in [0.2, 0.25) is 15.9 Å². The highest BCUT2D eigenvalue weighted by atomic mass is 32.2. The number of carbonyl (C=O) groups excluding carboxylic acids is 1. The molecule has 1 aromatic heterocycles. The van der Waals surface area contributed by atoms with Crippen LogP contribution in [-0.2, 0) is 34.8 Å². The van der Waals surface area contributed by atoms with E-state index in [0.717, 1.165) is 16.8 Å². The molecule has 134 valence electrons. The lowest BCUT2D eigenvalue weighted by Gasteiger charge is -2.21. The summed E-state index contributed by atoms with van der Waals surface area (Å²) in [6.45, 7) is 3.74. The standard InChI is InChI=1S/C17H22N4O3S/c1-12-7-15-8-16(5-6-17(15)21(12)13(2)22)25(23,24)20(4)11-14-9-18-19(3)10-14/h5-6,8-10,12H,7,11H2,1-4H3. The number of fused-ring (bicyclic) bond motifs is 1. The normalized spacial score (nSPS) is 17.2. The number of hydrogen-bond donors (Lipinski definition) is 0. The highest BCUT2D eigenvalue weighted by Crippen LogP contribution is 2.34. The monoisotopic (exact) mass is 362 g/mol. The van der Waals surface area contributed by atoms with E-state index in [1.165, 1.54) is 11.2 Å². The van der Waals surface area contributed by atoms with Gasteiger partial charge in [0, 0.05) is 51.1 Å². The molecule has 3 rings (SSSR count). The Bertz CT molecular complexity index is 920. The van der Waals surface area contributed by atoms with Gasteiger partial charge in [-0.25, -0.2) is 8.42 Å².